The third kappa shape index (κ3) is 2.60. The molecule has 14 heavy (non-hydrogen) atoms. The number of thiophene rings is 1. The summed E-state index contributed by atoms with van der Waals surface area (Å²) >= 11 is 1.57. The van der Waals surface area contributed by atoms with E-state index < -0.39 is 5.97 Å². The maximum Gasteiger partial charge on any atom is 0.331 e. The lowest BCUT2D eigenvalue weighted by atomic mass is 10.2. The van der Waals surface area contributed by atoms with Gasteiger partial charge in [-0.1, -0.05) is 0 Å². The van der Waals surface area contributed by atoms with E-state index in [-0.39, 0.29) is 0 Å². The van der Waals surface area contributed by atoms with E-state index in [1.807, 2.05) is 31.1 Å². The Morgan fingerprint density at radius 3 is 2.57 bits per heavy atom. The molecule has 0 saturated carbocycles. The summed E-state index contributed by atoms with van der Waals surface area (Å²) in [6, 6.07) is 3.90. The molecular weight excluding hydrogens is 198 g/mol. The molecule has 0 atom stereocenters. The van der Waals surface area contributed by atoms with Crippen molar-refractivity contribution in [1.29, 1.82) is 0 Å². The molecule has 3 nitrogen and oxygen atoms in total. The van der Waals surface area contributed by atoms with Crippen LogP contribution in [-0.2, 0) is 4.79 Å². The average molecular weight is 211 g/mol. The molecular formula is C10H13NO2S. The van der Waals surface area contributed by atoms with Gasteiger partial charge in [0.05, 0.1) is 5.00 Å². The Hall–Kier alpha value is -1.29. The monoisotopic (exact) mass is 211 g/mol. The van der Waals surface area contributed by atoms with Crippen LogP contribution in [0.25, 0.3) is 6.08 Å². The van der Waals surface area contributed by atoms with Gasteiger partial charge in [-0.3, -0.25) is 0 Å². The fourth-order valence-corrected chi connectivity index (χ4v) is 1.87. The van der Waals surface area contributed by atoms with Gasteiger partial charge in [0.25, 0.3) is 0 Å². The van der Waals surface area contributed by atoms with Gasteiger partial charge in [0, 0.05) is 24.5 Å². The second kappa shape index (κ2) is 4.28. The number of anilines is 1. The number of rotatable bonds is 3. The summed E-state index contributed by atoms with van der Waals surface area (Å²) in [5, 5.41) is 9.81. The van der Waals surface area contributed by atoms with Gasteiger partial charge in [-0.05, 0) is 25.1 Å². The third-order valence-corrected chi connectivity index (χ3v) is 2.95. The maximum absolute atomic E-state index is 10.6. The molecule has 0 radical (unpaired) electrons. The largest absolute Gasteiger partial charge is 0.478 e. The first-order valence-electron chi connectivity index (χ1n) is 4.19. The first-order valence-corrected chi connectivity index (χ1v) is 5.01. The Morgan fingerprint density at radius 2 is 2.14 bits per heavy atom. The van der Waals surface area contributed by atoms with E-state index >= 15 is 0 Å². The lowest BCUT2D eigenvalue weighted by Crippen LogP contribution is -2.05. The van der Waals surface area contributed by atoms with Crippen LogP contribution in [0.4, 0.5) is 5.00 Å². The van der Waals surface area contributed by atoms with Crippen molar-refractivity contribution in [3.8, 4) is 0 Å². The van der Waals surface area contributed by atoms with E-state index in [4.69, 9.17) is 5.11 Å². The van der Waals surface area contributed by atoms with Crippen LogP contribution in [0, 0.1) is 0 Å². The number of carboxylic acids is 1. The van der Waals surface area contributed by atoms with Crippen molar-refractivity contribution < 1.29 is 9.90 Å². The summed E-state index contributed by atoms with van der Waals surface area (Å²) in [6.07, 6.45) is 1.68. The lowest BCUT2D eigenvalue weighted by Gasteiger charge is -2.06. The van der Waals surface area contributed by atoms with Crippen molar-refractivity contribution in [2.45, 2.75) is 6.92 Å². The minimum Gasteiger partial charge on any atom is -0.478 e. The Bertz CT molecular complexity index is 366. The van der Waals surface area contributed by atoms with Gasteiger partial charge in [-0.25, -0.2) is 4.79 Å². The van der Waals surface area contributed by atoms with Gasteiger partial charge in [0.2, 0.25) is 0 Å². The number of nitrogens with zero attached hydrogens (tertiary/aromatic N) is 1. The molecule has 0 spiro atoms. The van der Waals surface area contributed by atoms with Crippen LogP contribution in [-0.4, -0.2) is 25.2 Å². The third-order valence-electron chi connectivity index (χ3n) is 1.75. The Kier molecular flexibility index (Phi) is 3.30. The van der Waals surface area contributed by atoms with Crippen molar-refractivity contribution in [3.05, 3.63) is 22.6 Å². The van der Waals surface area contributed by atoms with Gasteiger partial charge >= 0.3 is 5.97 Å². The van der Waals surface area contributed by atoms with E-state index in [0.717, 1.165) is 9.88 Å². The van der Waals surface area contributed by atoms with Gasteiger partial charge < -0.3 is 10.0 Å². The van der Waals surface area contributed by atoms with Gasteiger partial charge in [0.1, 0.15) is 0 Å². The number of aliphatic carboxylic acids is 1. The van der Waals surface area contributed by atoms with Crippen LogP contribution in [0.5, 0.6) is 0 Å². The number of carbonyl (C=O) groups is 1. The molecule has 0 aromatic carbocycles. The highest BCUT2D eigenvalue weighted by Gasteiger charge is 2.03. The minimum atomic E-state index is -0.871. The van der Waals surface area contributed by atoms with Crippen LogP contribution >= 0.6 is 11.3 Å². The molecule has 1 aromatic rings. The molecule has 1 N–H and O–H groups in total. The average Bonchev–Trinajstić information content (AvgIpc) is 2.52. The molecule has 0 bridgehead atoms. The van der Waals surface area contributed by atoms with Crippen molar-refractivity contribution in [2.75, 3.05) is 19.0 Å². The fourth-order valence-electron chi connectivity index (χ4n) is 0.935. The number of carboxylic acid groups (broad SMARTS) is 1. The van der Waals surface area contributed by atoms with E-state index in [1.54, 1.807) is 24.3 Å². The zero-order valence-corrected chi connectivity index (χ0v) is 9.26. The highest BCUT2D eigenvalue weighted by atomic mass is 32.1. The van der Waals surface area contributed by atoms with Crippen LogP contribution in [0.1, 0.15) is 11.8 Å². The standard InChI is InChI=1S/C10H13NO2S/c1-7(10(12)13)6-8-4-5-9(14-8)11(2)3/h4-6H,1-3H3,(H,12,13). The van der Waals surface area contributed by atoms with Gasteiger partial charge in [0.15, 0.2) is 0 Å². The quantitative estimate of drug-likeness (QED) is 0.780. The summed E-state index contributed by atoms with van der Waals surface area (Å²) in [4.78, 5) is 13.5. The normalized spacial score (nSPS) is 11.5. The smallest absolute Gasteiger partial charge is 0.331 e. The molecule has 0 aliphatic rings. The molecule has 0 saturated heterocycles. The van der Waals surface area contributed by atoms with Gasteiger partial charge in [-0.2, -0.15) is 0 Å². The molecule has 0 aliphatic heterocycles. The number of hydrogen-bond donors (Lipinski definition) is 1. The predicted molar refractivity (Wildman–Crippen MR) is 59.9 cm³/mol. The van der Waals surface area contributed by atoms with E-state index in [0.29, 0.717) is 5.57 Å². The first-order chi connectivity index (χ1) is 6.50. The van der Waals surface area contributed by atoms with Gasteiger partial charge in [-0.15, -0.1) is 11.3 Å². The predicted octanol–water partition coefficient (Wildman–Crippen LogP) is 2.30. The molecule has 76 valence electrons. The second-order valence-corrected chi connectivity index (χ2v) is 4.30. The van der Waals surface area contributed by atoms with Crippen molar-refractivity contribution >= 4 is 28.4 Å². The summed E-state index contributed by atoms with van der Waals surface area (Å²) in [5.74, 6) is -0.871. The summed E-state index contributed by atoms with van der Waals surface area (Å²) < 4.78 is 0. The number of hydrogen-bond acceptors (Lipinski definition) is 3. The highest BCUT2D eigenvalue weighted by Crippen LogP contribution is 2.25. The van der Waals surface area contributed by atoms with Crippen LogP contribution in [0.15, 0.2) is 17.7 Å². The molecule has 1 rings (SSSR count). The Balaban J connectivity index is 2.88. The van der Waals surface area contributed by atoms with E-state index in [2.05, 4.69) is 0 Å². The fraction of sp³-hybridized carbons (Fsp3) is 0.300. The summed E-state index contributed by atoms with van der Waals surface area (Å²) in [5.41, 5.74) is 0.358. The second-order valence-electron chi connectivity index (χ2n) is 3.20. The molecule has 0 aliphatic carbocycles. The zero-order valence-electron chi connectivity index (χ0n) is 8.44. The summed E-state index contributed by atoms with van der Waals surface area (Å²) in [6.45, 7) is 1.59. The Morgan fingerprint density at radius 1 is 1.50 bits per heavy atom. The van der Waals surface area contributed by atoms with Crippen LogP contribution in [0.3, 0.4) is 0 Å². The molecule has 0 fully saturated rings. The van der Waals surface area contributed by atoms with Crippen LogP contribution in [0.2, 0.25) is 0 Å². The zero-order chi connectivity index (χ0) is 10.7. The maximum atomic E-state index is 10.6. The lowest BCUT2D eigenvalue weighted by molar-refractivity contribution is -0.132. The first kappa shape index (κ1) is 10.8. The molecule has 4 heteroatoms. The highest BCUT2D eigenvalue weighted by molar-refractivity contribution is 7.16. The summed E-state index contributed by atoms with van der Waals surface area (Å²) in [7, 11) is 3.92. The molecule has 0 unspecified atom stereocenters. The SMILES string of the molecule is CC(=Cc1ccc(N(C)C)s1)C(=O)O. The molecule has 0 amide bonds. The Labute approximate surface area is 87.3 Å². The molecule has 1 heterocycles. The topological polar surface area (TPSA) is 40.5 Å². The van der Waals surface area contributed by atoms with Crippen LogP contribution < -0.4 is 4.90 Å². The minimum absolute atomic E-state index is 0.358. The van der Waals surface area contributed by atoms with Crippen molar-refractivity contribution in [1.82, 2.24) is 0 Å². The van der Waals surface area contributed by atoms with Crippen molar-refractivity contribution in [2.24, 2.45) is 0 Å². The van der Waals surface area contributed by atoms with Crippen molar-refractivity contribution in [3.63, 3.8) is 0 Å². The molecule has 1 aromatic heterocycles. The van der Waals surface area contributed by atoms with E-state index in [9.17, 15) is 4.79 Å². The van der Waals surface area contributed by atoms with E-state index in [1.165, 1.54) is 0 Å².